The lowest BCUT2D eigenvalue weighted by Gasteiger charge is -2.14. The van der Waals surface area contributed by atoms with Gasteiger partial charge in [0.05, 0.1) is 11.7 Å². The van der Waals surface area contributed by atoms with Crippen molar-refractivity contribution in [3.63, 3.8) is 0 Å². The second-order valence-electron chi connectivity index (χ2n) is 5.07. The molecule has 0 atom stereocenters. The molecule has 2 N–H and O–H groups in total. The predicted octanol–water partition coefficient (Wildman–Crippen LogP) is 4.09. The van der Waals surface area contributed by atoms with E-state index >= 15 is 0 Å². The zero-order chi connectivity index (χ0) is 12.4. The van der Waals surface area contributed by atoms with Crippen LogP contribution in [0.5, 0.6) is 0 Å². The predicted molar refractivity (Wildman–Crippen MR) is 76.7 cm³/mol. The Morgan fingerprint density at radius 3 is 2.67 bits per heavy atom. The van der Waals surface area contributed by atoms with Crippen LogP contribution in [0.15, 0.2) is 23.0 Å². The van der Waals surface area contributed by atoms with Crippen molar-refractivity contribution in [1.82, 2.24) is 9.78 Å². The molecule has 1 saturated carbocycles. The van der Waals surface area contributed by atoms with E-state index in [-0.39, 0.29) is 0 Å². The van der Waals surface area contributed by atoms with Gasteiger partial charge in [0.15, 0.2) is 0 Å². The third-order valence-corrected chi connectivity index (χ3v) is 4.44. The number of nitrogens with two attached hydrogens (primary N) is 1. The summed E-state index contributed by atoms with van der Waals surface area (Å²) < 4.78 is 2.10. The third-order valence-electron chi connectivity index (χ3n) is 3.75. The molecular formula is C14H19N3S. The van der Waals surface area contributed by atoms with Crippen molar-refractivity contribution in [2.24, 2.45) is 0 Å². The first-order valence-corrected chi connectivity index (χ1v) is 7.66. The first kappa shape index (κ1) is 11.8. The van der Waals surface area contributed by atoms with E-state index in [2.05, 4.69) is 21.5 Å². The standard InChI is InChI=1S/C14H19N3S/c15-13-9-17(12-5-3-1-2-4-6-12)16-14(13)11-7-8-18-10-11/h7-10,12H,1-6,15H2. The maximum absolute atomic E-state index is 6.10. The minimum absolute atomic E-state index is 0.544. The van der Waals surface area contributed by atoms with Gasteiger partial charge in [0.2, 0.25) is 0 Å². The van der Waals surface area contributed by atoms with Gasteiger partial charge < -0.3 is 5.73 Å². The minimum atomic E-state index is 0.544. The quantitative estimate of drug-likeness (QED) is 0.827. The van der Waals surface area contributed by atoms with Crippen molar-refractivity contribution in [2.45, 2.75) is 44.6 Å². The molecule has 18 heavy (non-hydrogen) atoms. The maximum Gasteiger partial charge on any atom is 0.116 e. The van der Waals surface area contributed by atoms with Crippen molar-refractivity contribution in [2.75, 3.05) is 5.73 Å². The van der Waals surface area contributed by atoms with E-state index in [0.29, 0.717) is 6.04 Å². The van der Waals surface area contributed by atoms with Crippen LogP contribution in [0, 0.1) is 0 Å². The molecule has 0 bridgehead atoms. The summed E-state index contributed by atoms with van der Waals surface area (Å²) in [5, 5.41) is 8.89. The van der Waals surface area contributed by atoms with Crippen LogP contribution in [0.25, 0.3) is 11.3 Å². The smallest absolute Gasteiger partial charge is 0.116 e. The van der Waals surface area contributed by atoms with Crippen LogP contribution in [0.3, 0.4) is 0 Å². The van der Waals surface area contributed by atoms with E-state index < -0.39 is 0 Å². The van der Waals surface area contributed by atoms with Gasteiger partial charge in [-0.25, -0.2) is 0 Å². The van der Waals surface area contributed by atoms with Crippen molar-refractivity contribution in [1.29, 1.82) is 0 Å². The summed E-state index contributed by atoms with van der Waals surface area (Å²) in [5.74, 6) is 0. The summed E-state index contributed by atoms with van der Waals surface area (Å²) >= 11 is 1.69. The molecule has 2 aromatic heterocycles. The lowest BCUT2D eigenvalue weighted by molar-refractivity contribution is 0.406. The highest BCUT2D eigenvalue weighted by Crippen LogP contribution is 2.31. The molecule has 3 rings (SSSR count). The Hall–Kier alpha value is -1.29. The Labute approximate surface area is 112 Å². The second kappa shape index (κ2) is 5.14. The van der Waals surface area contributed by atoms with Gasteiger partial charge in [0.25, 0.3) is 0 Å². The van der Waals surface area contributed by atoms with E-state index in [1.54, 1.807) is 11.3 Å². The highest BCUT2D eigenvalue weighted by atomic mass is 32.1. The molecule has 2 aromatic rings. The maximum atomic E-state index is 6.10. The number of thiophene rings is 1. The summed E-state index contributed by atoms with van der Waals surface area (Å²) in [4.78, 5) is 0. The van der Waals surface area contributed by atoms with Crippen LogP contribution in [-0.2, 0) is 0 Å². The lowest BCUT2D eigenvalue weighted by atomic mass is 10.1. The number of anilines is 1. The van der Waals surface area contributed by atoms with E-state index in [4.69, 9.17) is 10.8 Å². The fourth-order valence-electron chi connectivity index (χ4n) is 2.74. The molecule has 4 heteroatoms. The SMILES string of the molecule is Nc1cn(C2CCCCCC2)nc1-c1ccsc1. The Balaban J connectivity index is 1.87. The fourth-order valence-corrected chi connectivity index (χ4v) is 3.38. The number of hydrogen-bond donors (Lipinski definition) is 1. The van der Waals surface area contributed by atoms with Crippen molar-refractivity contribution < 1.29 is 0 Å². The van der Waals surface area contributed by atoms with E-state index in [1.165, 1.54) is 38.5 Å². The number of aromatic nitrogens is 2. The molecule has 1 aliphatic rings. The van der Waals surface area contributed by atoms with Crippen LogP contribution < -0.4 is 5.73 Å². The van der Waals surface area contributed by atoms with Crippen molar-refractivity contribution in [3.8, 4) is 11.3 Å². The van der Waals surface area contributed by atoms with Gasteiger partial charge in [-0.3, -0.25) is 4.68 Å². The molecule has 0 spiro atoms. The third kappa shape index (κ3) is 2.29. The zero-order valence-electron chi connectivity index (χ0n) is 10.5. The molecule has 96 valence electrons. The number of hydrogen-bond acceptors (Lipinski definition) is 3. The molecule has 0 amide bonds. The largest absolute Gasteiger partial charge is 0.396 e. The normalized spacial score (nSPS) is 17.8. The summed E-state index contributed by atoms with van der Waals surface area (Å²) in [6, 6.07) is 2.63. The van der Waals surface area contributed by atoms with E-state index in [1.807, 2.05) is 6.20 Å². The topological polar surface area (TPSA) is 43.8 Å². The molecule has 1 fully saturated rings. The van der Waals surface area contributed by atoms with Gasteiger partial charge in [-0.05, 0) is 24.3 Å². The molecule has 3 nitrogen and oxygen atoms in total. The van der Waals surface area contributed by atoms with Gasteiger partial charge in [-0.15, -0.1) is 0 Å². The highest BCUT2D eigenvalue weighted by molar-refractivity contribution is 7.08. The van der Waals surface area contributed by atoms with E-state index in [0.717, 1.165) is 16.9 Å². The van der Waals surface area contributed by atoms with Crippen LogP contribution in [0.2, 0.25) is 0 Å². The van der Waals surface area contributed by atoms with Crippen molar-refractivity contribution in [3.05, 3.63) is 23.0 Å². The van der Waals surface area contributed by atoms with Crippen LogP contribution >= 0.6 is 11.3 Å². The summed E-state index contributed by atoms with van der Waals surface area (Å²) in [6.07, 6.45) is 9.86. The molecular weight excluding hydrogens is 242 g/mol. The molecule has 0 aromatic carbocycles. The van der Waals surface area contributed by atoms with Gasteiger partial charge in [-0.1, -0.05) is 25.7 Å². The van der Waals surface area contributed by atoms with Crippen LogP contribution in [0.4, 0.5) is 5.69 Å². The first-order chi connectivity index (χ1) is 8.84. The Morgan fingerprint density at radius 2 is 2.00 bits per heavy atom. The minimum Gasteiger partial charge on any atom is -0.396 e. The Kier molecular flexibility index (Phi) is 3.37. The average molecular weight is 261 g/mol. The van der Waals surface area contributed by atoms with Crippen LogP contribution in [-0.4, -0.2) is 9.78 Å². The highest BCUT2D eigenvalue weighted by Gasteiger charge is 2.17. The summed E-state index contributed by atoms with van der Waals surface area (Å²) in [5.41, 5.74) is 8.99. The molecule has 0 aliphatic heterocycles. The number of rotatable bonds is 2. The number of nitrogens with zero attached hydrogens (tertiary/aromatic N) is 2. The zero-order valence-corrected chi connectivity index (χ0v) is 11.3. The molecule has 0 unspecified atom stereocenters. The fraction of sp³-hybridized carbons (Fsp3) is 0.500. The molecule has 0 radical (unpaired) electrons. The summed E-state index contributed by atoms with van der Waals surface area (Å²) in [7, 11) is 0. The molecule has 2 heterocycles. The van der Waals surface area contributed by atoms with Gasteiger partial charge >= 0.3 is 0 Å². The molecule has 0 saturated heterocycles. The second-order valence-corrected chi connectivity index (χ2v) is 5.85. The summed E-state index contributed by atoms with van der Waals surface area (Å²) in [6.45, 7) is 0. The molecule has 1 aliphatic carbocycles. The Morgan fingerprint density at radius 1 is 1.22 bits per heavy atom. The van der Waals surface area contributed by atoms with Gasteiger partial charge in [0, 0.05) is 17.1 Å². The average Bonchev–Trinajstić information content (AvgIpc) is 2.92. The van der Waals surface area contributed by atoms with Gasteiger partial charge in [0.1, 0.15) is 5.69 Å². The Bertz CT molecular complexity index is 493. The van der Waals surface area contributed by atoms with Crippen LogP contribution in [0.1, 0.15) is 44.6 Å². The van der Waals surface area contributed by atoms with Crippen molar-refractivity contribution >= 4 is 17.0 Å². The van der Waals surface area contributed by atoms with Gasteiger partial charge in [-0.2, -0.15) is 16.4 Å². The monoisotopic (exact) mass is 261 g/mol. The number of nitrogen functional groups attached to an aromatic ring is 1. The van der Waals surface area contributed by atoms with E-state index in [9.17, 15) is 0 Å². The first-order valence-electron chi connectivity index (χ1n) is 6.72. The lowest BCUT2D eigenvalue weighted by Crippen LogP contribution is -2.08.